The summed E-state index contributed by atoms with van der Waals surface area (Å²) in [6, 6.07) is 16.2. The van der Waals surface area contributed by atoms with Crippen LogP contribution in [0, 0.1) is 0 Å². The van der Waals surface area contributed by atoms with E-state index in [9.17, 15) is 13.2 Å². The molecule has 7 nitrogen and oxygen atoms in total. The number of halogens is 1. The number of carbonyl (C=O) groups is 1. The van der Waals surface area contributed by atoms with E-state index in [1.54, 1.807) is 24.3 Å². The van der Waals surface area contributed by atoms with Gasteiger partial charge in [-0.3, -0.25) is 9.69 Å². The Morgan fingerprint density at radius 1 is 1.03 bits per heavy atom. The van der Waals surface area contributed by atoms with Gasteiger partial charge < -0.3 is 0 Å². The van der Waals surface area contributed by atoms with Crippen LogP contribution < -0.4 is 5.43 Å². The molecule has 1 fully saturated rings. The number of nitrogens with one attached hydrogen (secondary N) is 1. The zero-order valence-corrected chi connectivity index (χ0v) is 18.5. The fraction of sp³-hybridized carbons (Fsp3) is 0.300. The van der Waals surface area contributed by atoms with Gasteiger partial charge >= 0.3 is 0 Å². The molecule has 3 rings (SSSR count). The molecule has 154 valence electrons. The van der Waals surface area contributed by atoms with E-state index in [4.69, 9.17) is 0 Å². The van der Waals surface area contributed by atoms with Gasteiger partial charge in [0, 0.05) is 30.7 Å². The fourth-order valence-electron chi connectivity index (χ4n) is 3.01. The van der Waals surface area contributed by atoms with Crippen molar-refractivity contribution in [2.45, 2.75) is 11.8 Å². The first kappa shape index (κ1) is 21.6. The molecular formula is C20H23BrN4O3S. The molecule has 1 N–H and O–H groups in total. The van der Waals surface area contributed by atoms with Crippen LogP contribution in [0.25, 0.3) is 0 Å². The van der Waals surface area contributed by atoms with E-state index in [-0.39, 0.29) is 17.3 Å². The van der Waals surface area contributed by atoms with Gasteiger partial charge in [-0.2, -0.15) is 9.41 Å². The molecule has 1 heterocycles. The number of amides is 1. The van der Waals surface area contributed by atoms with E-state index < -0.39 is 10.0 Å². The Balaban J connectivity index is 1.50. The van der Waals surface area contributed by atoms with Gasteiger partial charge in [-0.25, -0.2) is 13.8 Å². The monoisotopic (exact) mass is 478 g/mol. The minimum absolute atomic E-state index is 0.178. The van der Waals surface area contributed by atoms with Crippen molar-refractivity contribution in [3.63, 3.8) is 0 Å². The molecule has 0 radical (unpaired) electrons. The van der Waals surface area contributed by atoms with Gasteiger partial charge in [-0.15, -0.1) is 0 Å². The van der Waals surface area contributed by atoms with Crippen LogP contribution in [-0.2, 0) is 14.8 Å². The Morgan fingerprint density at radius 2 is 1.66 bits per heavy atom. The van der Waals surface area contributed by atoms with Crippen molar-refractivity contribution >= 4 is 37.6 Å². The molecule has 29 heavy (non-hydrogen) atoms. The summed E-state index contributed by atoms with van der Waals surface area (Å²) in [6.45, 7) is 3.68. The molecule has 2 aromatic carbocycles. The molecule has 0 unspecified atom stereocenters. The standard InChI is InChI=1S/C20H23BrN4O3S/c1-16(17-5-3-2-4-6-17)22-23-20(26)15-24-11-13-25(14-12-24)29(27,28)19-9-7-18(21)8-10-19/h2-10H,11-15H2,1H3,(H,23,26)/b22-16-. The quantitative estimate of drug-likeness (QED) is 0.509. The number of hydrogen-bond acceptors (Lipinski definition) is 5. The van der Waals surface area contributed by atoms with Gasteiger partial charge in [0.15, 0.2) is 0 Å². The van der Waals surface area contributed by atoms with Crippen LogP contribution in [0.15, 0.2) is 69.1 Å². The van der Waals surface area contributed by atoms with Crippen molar-refractivity contribution in [2.24, 2.45) is 5.10 Å². The molecule has 0 bridgehead atoms. The maximum absolute atomic E-state index is 12.7. The highest BCUT2D eigenvalue weighted by atomic mass is 79.9. The minimum Gasteiger partial charge on any atom is -0.292 e. The van der Waals surface area contributed by atoms with E-state index in [0.29, 0.717) is 26.2 Å². The van der Waals surface area contributed by atoms with E-state index in [1.165, 1.54) is 4.31 Å². The van der Waals surface area contributed by atoms with Crippen molar-refractivity contribution in [3.05, 3.63) is 64.6 Å². The molecule has 1 amide bonds. The fourth-order valence-corrected chi connectivity index (χ4v) is 4.70. The lowest BCUT2D eigenvalue weighted by atomic mass is 10.1. The summed E-state index contributed by atoms with van der Waals surface area (Å²) < 4.78 is 27.8. The summed E-state index contributed by atoms with van der Waals surface area (Å²) in [5.41, 5.74) is 4.24. The molecule has 0 saturated carbocycles. The summed E-state index contributed by atoms with van der Waals surface area (Å²) in [5.74, 6) is -0.218. The SMILES string of the molecule is C/C(=N/NC(=O)CN1CCN(S(=O)(=O)c2ccc(Br)cc2)CC1)c1ccccc1. The van der Waals surface area contributed by atoms with E-state index in [1.807, 2.05) is 42.2 Å². The predicted molar refractivity (Wildman–Crippen MR) is 116 cm³/mol. The van der Waals surface area contributed by atoms with Gasteiger partial charge in [-0.05, 0) is 36.8 Å². The number of carbonyl (C=O) groups excluding carboxylic acids is 1. The normalized spacial score (nSPS) is 16.6. The molecule has 1 aliphatic rings. The van der Waals surface area contributed by atoms with E-state index in [2.05, 4.69) is 26.5 Å². The largest absolute Gasteiger partial charge is 0.292 e. The summed E-state index contributed by atoms with van der Waals surface area (Å²) >= 11 is 3.31. The van der Waals surface area contributed by atoms with E-state index in [0.717, 1.165) is 15.7 Å². The first-order valence-electron chi connectivity index (χ1n) is 9.23. The maximum atomic E-state index is 12.7. The second-order valence-corrected chi connectivity index (χ2v) is 9.59. The number of hydrogen-bond donors (Lipinski definition) is 1. The number of benzene rings is 2. The van der Waals surface area contributed by atoms with Gasteiger partial charge in [0.2, 0.25) is 10.0 Å². The highest BCUT2D eigenvalue weighted by Gasteiger charge is 2.28. The molecule has 0 atom stereocenters. The molecule has 1 aliphatic heterocycles. The number of nitrogens with zero attached hydrogens (tertiary/aromatic N) is 3. The second-order valence-electron chi connectivity index (χ2n) is 6.73. The lowest BCUT2D eigenvalue weighted by molar-refractivity contribution is -0.122. The number of rotatable bonds is 6. The Kier molecular flexibility index (Phi) is 7.18. The molecule has 2 aromatic rings. The van der Waals surface area contributed by atoms with Crippen molar-refractivity contribution < 1.29 is 13.2 Å². The van der Waals surface area contributed by atoms with Crippen LogP contribution in [0.2, 0.25) is 0 Å². The van der Waals surface area contributed by atoms with Crippen LogP contribution >= 0.6 is 15.9 Å². The third-order valence-corrected chi connectivity index (χ3v) is 7.13. The van der Waals surface area contributed by atoms with E-state index >= 15 is 0 Å². The Bertz CT molecular complexity index is 971. The van der Waals surface area contributed by atoms with Crippen LogP contribution in [0.5, 0.6) is 0 Å². The molecule has 0 aromatic heterocycles. The van der Waals surface area contributed by atoms with Gasteiger partial charge in [0.25, 0.3) is 5.91 Å². The highest BCUT2D eigenvalue weighted by Crippen LogP contribution is 2.20. The Labute approximate surface area is 179 Å². The summed E-state index contributed by atoms with van der Waals surface area (Å²) in [4.78, 5) is 14.4. The van der Waals surface area contributed by atoms with Crippen molar-refractivity contribution in [3.8, 4) is 0 Å². The second kappa shape index (κ2) is 9.62. The summed E-state index contributed by atoms with van der Waals surface area (Å²) in [5, 5.41) is 4.14. The Morgan fingerprint density at radius 3 is 2.28 bits per heavy atom. The molecule has 9 heteroatoms. The summed E-state index contributed by atoms with van der Waals surface area (Å²) in [6.07, 6.45) is 0. The number of piperazine rings is 1. The van der Waals surface area contributed by atoms with Crippen LogP contribution in [0.4, 0.5) is 0 Å². The average Bonchev–Trinajstić information content (AvgIpc) is 2.73. The molecule has 1 saturated heterocycles. The summed E-state index contributed by atoms with van der Waals surface area (Å²) in [7, 11) is -3.52. The third-order valence-electron chi connectivity index (χ3n) is 4.69. The lowest BCUT2D eigenvalue weighted by Gasteiger charge is -2.33. The molecular weight excluding hydrogens is 456 g/mol. The zero-order chi connectivity index (χ0) is 20.9. The molecule has 0 spiro atoms. The Hall–Kier alpha value is -2.07. The number of sulfonamides is 1. The smallest absolute Gasteiger partial charge is 0.254 e. The van der Waals surface area contributed by atoms with Crippen molar-refractivity contribution in [2.75, 3.05) is 32.7 Å². The first-order valence-corrected chi connectivity index (χ1v) is 11.5. The lowest BCUT2D eigenvalue weighted by Crippen LogP contribution is -2.50. The maximum Gasteiger partial charge on any atom is 0.254 e. The van der Waals surface area contributed by atoms with Gasteiger partial charge in [-0.1, -0.05) is 46.3 Å². The van der Waals surface area contributed by atoms with Crippen LogP contribution in [-0.4, -0.2) is 62.0 Å². The van der Waals surface area contributed by atoms with Gasteiger partial charge in [0.05, 0.1) is 17.2 Å². The number of hydrazone groups is 1. The zero-order valence-electron chi connectivity index (χ0n) is 16.1. The van der Waals surface area contributed by atoms with Crippen molar-refractivity contribution in [1.82, 2.24) is 14.6 Å². The molecule has 0 aliphatic carbocycles. The van der Waals surface area contributed by atoms with Gasteiger partial charge in [0.1, 0.15) is 0 Å². The van der Waals surface area contributed by atoms with Crippen LogP contribution in [0.1, 0.15) is 12.5 Å². The topological polar surface area (TPSA) is 82.1 Å². The minimum atomic E-state index is -3.52. The first-order chi connectivity index (χ1) is 13.9. The average molecular weight is 479 g/mol. The highest BCUT2D eigenvalue weighted by molar-refractivity contribution is 9.10. The third kappa shape index (κ3) is 5.72. The predicted octanol–water partition coefficient (Wildman–Crippen LogP) is 2.30. The van der Waals surface area contributed by atoms with Crippen molar-refractivity contribution in [1.29, 1.82) is 0 Å². The van der Waals surface area contributed by atoms with Crippen LogP contribution in [0.3, 0.4) is 0 Å².